The summed E-state index contributed by atoms with van der Waals surface area (Å²) < 4.78 is 1.60. The molecule has 0 radical (unpaired) electrons. The van der Waals surface area contributed by atoms with Gasteiger partial charge in [-0.25, -0.2) is 4.98 Å². The van der Waals surface area contributed by atoms with Crippen LogP contribution in [0.4, 0.5) is 0 Å². The van der Waals surface area contributed by atoms with Crippen LogP contribution in [0.5, 0.6) is 0 Å². The molecule has 0 aromatic carbocycles. The van der Waals surface area contributed by atoms with Gasteiger partial charge in [0, 0.05) is 29.9 Å². The van der Waals surface area contributed by atoms with Gasteiger partial charge in [-0.2, -0.15) is 0 Å². The first-order chi connectivity index (χ1) is 12.6. The van der Waals surface area contributed by atoms with Crippen molar-refractivity contribution < 1.29 is 4.79 Å². The number of hydrogen-bond acceptors (Lipinski definition) is 5. The Kier molecular flexibility index (Phi) is 5.09. The fourth-order valence-corrected chi connectivity index (χ4v) is 5.30. The minimum absolute atomic E-state index is 0.00453. The molecule has 6 nitrogen and oxygen atoms in total. The van der Waals surface area contributed by atoms with Gasteiger partial charge in [0.15, 0.2) is 0 Å². The lowest BCUT2D eigenvalue weighted by Crippen LogP contribution is -2.52. The zero-order chi connectivity index (χ0) is 18.1. The molecule has 1 amide bonds. The van der Waals surface area contributed by atoms with Crippen LogP contribution >= 0.6 is 11.3 Å². The van der Waals surface area contributed by atoms with Crippen LogP contribution in [0.2, 0.25) is 0 Å². The number of nitrogens with one attached hydrogen (secondary N) is 2. The number of piperidine rings is 1. The Hall–Kier alpha value is -1.73. The number of carbonyl (C=O) groups is 1. The van der Waals surface area contributed by atoms with Crippen molar-refractivity contribution in [3.8, 4) is 0 Å². The number of fused-ring (bicyclic) bond motifs is 3. The number of thiophene rings is 1. The summed E-state index contributed by atoms with van der Waals surface area (Å²) in [7, 11) is 0. The van der Waals surface area contributed by atoms with Crippen molar-refractivity contribution in [1.82, 2.24) is 20.2 Å². The first-order valence-electron chi connectivity index (χ1n) is 9.66. The highest BCUT2D eigenvalue weighted by molar-refractivity contribution is 7.18. The fourth-order valence-electron chi connectivity index (χ4n) is 4.08. The quantitative estimate of drug-likeness (QED) is 0.858. The van der Waals surface area contributed by atoms with E-state index in [0.29, 0.717) is 19.0 Å². The molecule has 0 bridgehead atoms. The second-order valence-corrected chi connectivity index (χ2v) is 8.53. The van der Waals surface area contributed by atoms with Crippen molar-refractivity contribution in [2.24, 2.45) is 0 Å². The van der Waals surface area contributed by atoms with E-state index in [1.54, 1.807) is 22.2 Å². The summed E-state index contributed by atoms with van der Waals surface area (Å²) in [6.45, 7) is 3.50. The van der Waals surface area contributed by atoms with Crippen LogP contribution in [0.15, 0.2) is 11.1 Å². The molecule has 1 aliphatic heterocycles. The van der Waals surface area contributed by atoms with Gasteiger partial charge in [-0.15, -0.1) is 11.3 Å². The van der Waals surface area contributed by atoms with E-state index in [0.717, 1.165) is 48.9 Å². The Labute approximate surface area is 157 Å². The number of hydrogen-bond donors (Lipinski definition) is 2. The van der Waals surface area contributed by atoms with E-state index < -0.39 is 0 Å². The fraction of sp³-hybridized carbons (Fsp3) is 0.632. The van der Waals surface area contributed by atoms with E-state index in [-0.39, 0.29) is 17.5 Å². The van der Waals surface area contributed by atoms with Crippen LogP contribution in [0, 0.1) is 0 Å². The van der Waals surface area contributed by atoms with Gasteiger partial charge < -0.3 is 10.6 Å². The first kappa shape index (κ1) is 17.7. The summed E-state index contributed by atoms with van der Waals surface area (Å²) in [5, 5.41) is 7.28. The van der Waals surface area contributed by atoms with Gasteiger partial charge >= 0.3 is 0 Å². The van der Waals surface area contributed by atoms with Crippen LogP contribution in [0.25, 0.3) is 10.2 Å². The Balaban J connectivity index is 1.46. The predicted octanol–water partition coefficient (Wildman–Crippen LogP) is 1.98. The average Bonchev–Trinajstić information content (AvgIpc) is 3.02. The highest BCUT2D eigenvalue weighted by atomic mass is 32.1. The van der Waals surface area contributed by atoms with Crippen molar-refractivity contribution >= 4 is 27.5 Å². The molecule has 0 saturated carbocycles. The minimum Gasteiger partial charge on any atom is -0.352 e. The Morgan fingerprint density at radius 2 is 2.23 bits per heavy atom. The first-order valence-corrected chi connectivity index (χ1v) is 10.5. The molecule has 1 saturated heterocycles. The van der Waals surface area contributed by atoms with Crippen LogP contribution in [-0.4, -0.2) is 34.1 Å². The molecule has 2 atom stereocenters. The summed E-state index contributed by atoms with van der Waals surface area (Å²) in [4.78, 5) is 31.9. The van der Waals surface area contributed by atoms with Gasteiger partial charge in [0.25, 0.3) is 5.56 Å². The number of amides is 1. The third-order valence-electron chi connectivity index (χ3n) is 5.63. The van der Waals surface area contributed by atoms with E-state index >= 15 is 0 Å². The zero-order valence-corrected chi connectivity index (χ0v) is 16.0. The molecule has 1 fully saturated rings. The number of aryl methyl sites for hydroxylation is 3. The molecule has 2 unspecified atom stereocenters. The normalized spacial score (nSPS) is 23.0. The number of nitrogens with zero attached hydrogens (tertiary/aromatic N) is 2. The number of rotatable bonds is 4. The van der Waals surface area contributed by atoms with E-state index in [1.165, 1.54) is 16.9 Å². The molecule has 2 aromatic rings. The van der Waals surface area contributed by atoms with Crippen molar-refractivity contribution in [3.63, 3.8) is 0 Å². The molecular formula is C19H26N4O2S. The lowest BCUT2D eigenvalue weighted by atomic mass is 9.97. The van der Waals surface area contributed by atoms with E-state index in [2.05, 4.69) is 22.5 Å². The Bertz CT molecular complexity index is 872. The largest absolute Gasteiger partial charge is 0.352 e. The maximum atomic E-state index is 12.9. The Morgan fingerprint density at radius 3 is 3.08 bits per heavy atom. The molecule has 140 valence electrons. The summed E-state index contributed by atoms with van der Waals surface area (Å²) >= 11 is 1.66. The summed E-state index contributed by atoms with van der Waals surface area (Å²) in [5.74, 6) is 0.00453. The van der Waals surface area contributed by atoms with Crippen LogP contribution in [-0.2, 0) is 24.2 Å². The molecular weight excluding hydrogens is 348 g/mol. The monoisotopic (exact) mass is 374 g/mol. The second-order valence-electron chi connectivity index (χ2n) is 7.44. The minimum atomic E-state index is 0.00453. The van der Waals surface area contributed by atoms with Gasteiger partial charge in [-0.3, -0.25) is 14.2 Å². The third-order valence-corrected chi connectivity index (χ3v) is 6.83. The summed E-state index contributed by atoms with van der Waals surface area (Å²) in [6, 6.07) is 0.475. The molecule has 0 spiro atoms. The van der Waals surface area contributed by atoms with E-state index in [1.807, 2.05) is 0 Å². The molecule has 2 aromatic heterocycles. The number of aromatic nitrogens is 2. The second kappa shape index (κ2) is 7.48. The van der Waals surface area contributed by atoms with Crippen molar-refractivity contribution in [2.75, 3.05) is 6.54 Å². The van der Waals surface area contributed by atoms with Crippen LogP contribution in [0.1, 0.15) is 49.5 Å². The predicted molar refractivity (Wildman–Crippen MR) is 104 cm³/mol. The molecule has 2 aliphatic rings. The number of carbonyl (C=O) groups excluding carboxylic acids is 1. The highest BCUT2D eigenvalue weighted by Crippen LogP contribution is 2.33. The van der Waals surface area contributed by atoms with Crippen molar-refractivity contribution in [2.45, 2.75) is 70.5 Å². The topological polar surface area (TPSA) is 76.0 Å². The van der Waals surface area contributed by atoms with Crippen molar-refractivity contribution in [3.05, 3.63) is 27.1 Å². The Morgan fingerprint density at radius 1 is 1.38 bits per heavy atom. The van der Waals surface area contributed by atoms with Crippen molar-refractivity contribution in [1.29, 1.82) is 0 Å². The molecule has 3 heterocycles. The van der Waals surface area contributed by atoms with Gasteiger partial charge in [-0.05, 0) is 57.6 Å². The van der Waals surface area contributed by atoms with E-state index in [4.69, 9.17) is 0 Å². The third kappa shape index (κ3) is 3.42. The molecule has 4 rings (SSSR count). The maximum Gasteiger partial charge on any atom is 0.262 e. The standard InChI is InChI=1S/C19H26N4O2S/c1-12-14(6-4-9-20-12)22-16(24)8-10-23-11-21-18-17(19(23)25)13-5-2-3-7-15(13)26-18/h11-12,14,20H,2-10H2,1H3,(H,22,24). The average molecular weight is 375 g/mol. The van der Waals surface area contributed by atoms with Crippen LogP contribution < -0.4 is 16.2 Å². The van der Waals surface area contributed by atoms with Gasteiger partial charge in [0.2, 0.25) is 5.91 Å². The lowest BCUT2D eigenvalue weighted by Gasteiger charge is -2.30. The highest BCUT2D eigenvalue weighted by Gasteiger charge is 2.23. The zero-order valence-electron chi connectivity index (χ0n) is 15.2. The molecule has 7 heteroatoms. The van der Waals surface area contributed by atoms with Gasteiger partial charge in [-0.1, -0.05) is 0 Å². The maximum absolute atomic E-state index is 12.9. The van der Waals surface area contributed by atoms with E-state index in [9.17, 15) is 9.59 Å². The molecule has 1 aliphatic carbocycles. The molecule has 26 heavy (non-hydrogen) atoms. The summed E-state index contributed by atoms with van der Waals surface area (Å²) in [5.41, 5.74) is 1.21. The van der Waals surface area contributed by atoms with Gasteiger partial charge in [0.1, 0.15) is 4.83 Å². The lowest BCUT2D eigenvalue weighted by molar-refractivity contribution is -0.122. The van der Waals surface area contributed by atoms with Crippen LogP contribution in [0.3, 0.4) is 0 Å². The summed E-state index contributed by atoms with van der Waals surface area (Å²) in [6.07, 6.45) is 8.38. The molecule has 2 N–H and O–H groups in total. The smallest absolute Gasteiger partial charge is 0.262 e. The van der Waals surface area contributed by atoms with Gasteiger partial charge in [0.05, 0.1) is 11.7 Å². The SMILES string of the molecule is CC1NCCCC1NC(=O)CCn1cnc2sc3c(c2c1=O)CCCC3.